The predicted molar refractivity (Wildman–Crippen MR) is 170 cm³/mol. The van der Waals surface area contributed by atoms with Crippen LogP contribution in [-0.4, -0.2) is 11.1 Å². The molecule has 6 aromatic rings. The summed E-state index contributed by atoms with van der Waals surface area (Å²) in [4.78, 5) is 9.72. The lowest BCUT2D eigenvalue weighted by atomic mass is 9.12. The first-order valence-corrected chi connectivity index (χ1v) is 16.2. The van der Waals surface area contributed by atoms with Gasteiger partial charge in [-0.15, -0.1) is 21.9 Å². The number of benzene rings is 5. The van der Waals surface area contributed by atoms with Gasteiger partial charge in [0.05, 0.1) is 12.4 Å². The van der Waals surface area contributed by atoms with Gasteiger partial charge in [0.2, 0.25) is 18.1 Å². The normalized spacial score (nSPS) is 11.5. The van der Waals surface area contributed by atoms with Crippen LogP contribution in [0.15, 0.2) is 36.9 Å². The van der Waals surface area contributed by atoms with Crippen molar-refractivity contribution in [3.63, 3.8) is 0 Å². The smallest absolute Gasteiger partial charge is 0.241 e. The Morgan fingerprint density at radius 3 is 0.803 bits per heavy atom. The highest BCUT2D eigenvalue weighted by molar-refractivity contribution is 7.20. The molecule has 0 aliphatic carbocycles. The molecule has 0 radical (unpaired) electrons. The van der Waals surface area contributed by atoms with Crippen molar-refractivity contribution in [1.82, 2.24) is 4.98 Å². The van der Waals surface area contributed by atoms with Gasteiger partial charge in [-0.2, -0.15) is 0 Å². The molecule has 322 valence electrons. The molecule has 0 bridgehead atoms. The fraction of sp³-hybridized carbons (Fsp3) is 0.0811. The van der Waals surface area contributed by atoms with Crippen molar-refractivity contribution in [3.8, 4) is 5.75 Å². The minimum absolute atomic E-state index is 0.904. The first kappa shape index (κ1) is 45.7. The maximum Gasteiger partial charge on any atom is 0.241 e. The highest BCUT2D eigenvalue weighted by Gasteiger charge is 2.52. The van der Waals surface area contributed by atoms with Gasteiger partial charge in [0.25, 0.3) is 0 Å². The summed E-state index contributed by atoms with van der Waals surface area (Å²) in [5.41, 5.74) is -10.8. The summed E-state index contributed by atoms with van der Waals surface area (Å²) in [6.07, 6.45) is -0.277. The van der Waals surface area contributed by atoms with E-state index in [0.717, 1.165) is 16.9 Å². The minimum Gasteiger partial charge on any atom is -0.252 e. The Kier molecular flexibility index (Phi) is 12.4. The topological polar surface area (TPSA) is 26.0 Å². The molecule has 0 saturated heterocycles. The molecule has 0 aliphatic rings. The van der Waals surface area contributed by atoms with E-state index in [-0.39, 0.29) is 0 Å². The summed E-state index contributed by atoms with van der Waals surface area (Å²) >= 11 is 0. The van der Waals surface area contributed by atoms with Crippen LogP contribution in [-0.2, 0) is 0 Å². The highest BCUT2D eigenvalue weighted by atomic mass is 19.2. The van der Waals surface area contributed by atoms with E-state index in [2.05, 4.69) is 37.9 Å². The van der Waals surface area contributed by atoms with Gasteiger partial charge in [-0.25, -0.2) is 92.6 Å². The molecule has 1 aromatic heterocycles. The standard InChI is InChI=1S/C24BF20.C13H15N2O/c26-5-1(6(27)14(35)21(42)13(5)34)25(2-7(28)15(36)22(43)16(37)8(2)29,3-9(30)17(38)23(44)18(39)10(3)31)4-11(32)19(40)24(45)20(41)12(4)33;1-10-8-11(2)13(12(3)9-10)16-15-6-4-14-5-7-15/h;4-9H,1-3H3/q-1;+1. The molecule has 1 heterocycles. The van der Waals surface area contributed by atoms with Gasteiger partial charge in [0.15, 0.2) is 69.8 Å². The summed E-state index contributed by atoms with van der Waals surface area (Å²) in [6.45, 7) is 6.19. The second kappa shape index (κ2) is 16.6. The Bertz CT molecular complexity index is 2360. The van der Waals surface area contributed by atoms with Crippen molar-refractivity contribution in [2.45, 2.75) is 20.8 Å². The third-order valence-electron chi connectivity index (χ3n) is 9.11. The van der Waals surface area contributed by atoms with Gasteiger partial charge in [0, 0.05) is 4.73 Å². The second-order valence-electron chi connectivity index (χ2n) is 12.7. The fourth-order valence-electron chi connectivity index (χ4n) is 6.66. The number of hydrogen-bond donors (Lipinski definition) is 0. The van der Waals surface area contributed by atoms with E-state index < -0.39 is 144 Å². The van der Waals surface area contributed by atoms with E-state index in [1.165, 1.54) is 5.56 Å². The molecular formula is C37H15BF20N2O. The number of nitrogens with zero attached hydrogens (tertiary/aromatic N) is 2. The van der Waals surface area contributed by atoms with E-state index in [1.54, 1.807) is 29.5 Å². The van der Waals surface area contributed by atoms with Crippen LogP contribution in [0.25, 0.3) is 0 Å². The molecule has 6 rings (SSSR count). The van der Waals surface area contributed by atoms with E-state index in [0.29, 0.717) is 0 Å². The molecule has 3 nitrogen and oxygen atoms in total. The van der Waals surface area contributed by atoms with Gasteiger partial charge < -0.3 is 0 Å². The number of aromatic nitrogens is 2. The zero-order valence-corrected chi connectivity index (χ0v) is 29.9. The van der Waals surface area contributed by atoms with E-state index in [1.807, 2.05) is 0 Å². The zero-order valence-electron chi connectivity index (χ0n) is 29.9. The van der Waals surface area contributed by atoms with Crippen LogP contribution in [0.1, 0.15) is 16.7 Å². The minimum atomic E-state index is -7.22. The molecule has 61 heavy (non-hydrogen) atoms. The summed E-state index contributed by atoms with van der Waals surface area (Å²) in [5, 5.41) is 0. The van der Waals surface area contributed by atoms with Gasteiger partial charge >= 0.3 is 0 Å². The SMILES string of the molecule is Cc1cc(C)c(O[n+]2ccncc2)c(C)c1.Fc1c(F)c(F)c([B-](c2c(F)c(F)c(F)c(F)c2F)(c2c(F)c(F)c(F)c(F)c2F)c2c(F)c(F)c(F)c(F)c2F)c(F)c1F. The average Bonchev–Trinajstić information content (AvgIpc) is 3.22. The monoisotopic (exact) mass is 894 g/mol. The van der Waals surface area contributed by atoms with E-state index >= 15 is 35.1 Å². The van der Waals surface area contributed by atoms with Crippen molar-refractivity contribution >= 4 is 28.0 Å². The Morgan fingerprint density at radius 2 is 0.574 bits per heavy atom. The Hall–Kier alpha value is -6.36. The summed E-state index contributed by atoms with van der Waals surface area (Å²) in [6, 6.07) is 4.23. The molecule has 0 atom stereocenters. The third-order valence-corrected chi connectivity index (χ3v) is 9.11. The van der Waals surface area contributed by atoms with Gasteiger partial charge in [0.1, 0.15) is 52.7 Å². The summed E-state index contributed by atoms with van der Waals surface area (Å²) in [7, 11) is 0. The molecule has 0 spiro atoms. The zero-order chi connectivity index (χ0) is 45.9. The molecule has 0 saturated carbocycles. The highest BCUT2D eigenvalue weighted by Crippen LogP contribution is 2.31. The number of aryl methyl sites for hydroxylation is 3. The van der Waals surface area contributed by atoms with Gasteiger partial charge in [-0.3, -0.25) is 4.98 Å². The summed E-state index contributed by atoms with van der Waals surface area (Å²) < 4.78 is 296. The lowest BCUT2D eigenvalue weighted by Gasteiger charge is -2.44. The molecule has 0 fully saturated rings. The van der Waals surface area contributed by atoms with Crippen molar-refractivity contribution in [2.75, 3.05) is 0 Å². The number of rotatable bonds is 6. The quantitative estimate of drug-likeness (QED) is 0.0558. The first-order valence-electron chi connectivity index (χ1n) is 16.2. The lowest BCUT2D eigenvalue weighted by molar-refractivity contribution is -0.875. The summed E-state index contributed by atoms with van der Waals surface area (Å²) in [5.74, 6) is -70.5. The molecule has 24 heteroatoms. The van der Waals surface area contributed by atoms with Crippen LogP contribution in [0.2, 0.25) is 0 Å². The Morgan fingerprint density at radius 1 is 0.361 bits per heavy atom. The third kappa shape index (κ3) is 7.13. The van der Waals surface area contributed by atoms with Crippen LogP contribution in [0.5, 0.6) is 5.75 Å². The first-order chi connectivity index (χ1) is 28.4. The van der Waals surface area contributed by atoms with Crippen LogP contribution in [0, 0.1) is 137 Å². The Balaban J connectivity index is 0.000000366. The predicted octanol–water partition coefficient (Wildman–Crippen LogP) is 7.98. The van der Waals surface area contributed by atoms with Crippen LogP contribution in [0.3, 0.4) is 0 Å². The largest absolute Gasteiger partial charge is 0.252 e. The molecule has 0 amide bonds. The van der Waals surface area contributed by atoms with Crippen LogP contribution >= 0.6 is 0 Å². The average molecular weight is 894 g/mol. The van der Waals surface area contributed by atoms with Crippen LogP contribution < -0.4 is 31.4 Å². The lowest BCUT2D eigenvalue weighted by Crippen LogP contribution is -2.81. The maximum absolute atomic E-state index is 15.4. The molecule has 5 aromatic carbocycles. The van der Waals surface area contributed by atoms with Gasteiger partial charge in [-0.1, -0.05) is 17.7 Å². The molecular weight excluding hydrogens is 879 g/mol. The molecule has 0 unspecified atom stereocenters. The van der Waals surface area contributed by atoms with Crippen molar-refractivity contribution < 1.29 is 97.4 Å². The van der Waals surface area contributed by atoms with E-state index in [4.69, 9.17) is 4.84 Å². The van der Waals surface area contributed by atoms with E-state index in [9.17, 15) is 52.7 Å². The maximum atomic E-state index is 15.4. The van der Waals surface area contributed by atoms with Crippen molar-refractivity contribution in [2.24, 2.45) is 0 Å². The second-order valence-corrected chi connectivity index (χ2v) is 12.7. The number of hydrogen-bond acceptors (Lipinski definition) is 2. The van der Waals surface area contributed by atoms with Crippen molar-refractivity contribution in [1.29, 1.82) is 0 Å². The number of halogens is 20. The fourth-order valence-corrected chi connectivity index (χ4v) is 6.66. The Labute approximate surface area is 327 Å². The molecule has 0 aliphatic heterocycles. The molecule has 0 N–H and O–H groups in total. The van der Waals surface area contributed by atoms with Crippen LogP contribution in [0.4, 0.5) is 87.8 Å². The van der Waals surface area contributed by atoms with Gasteiger partial charge in [-0.05, 0) is 31.9 Å². The van der Waals surface area contributed by atoms with Crippen molar-refractivity contribution in [3.05, 3.63) is 170 Å².